The first-order valence-corrected chi connectivity index (χ1v) is 7.52. The molecule has 0 aliphatic carbocycles. The number of anilines is 1. The summed E-state index contributed by atoms with van der Waals surface area (Å²) in [6.45, 7) is 2.01. The van der Waals surface area contributed by atoms with Crippen LogP contribution in [-0.2, 0) is 11.2 Å². The zero-order valence-corrected chi connectivity index (χ0v) is 13.5. The van der Waals surface area contributed by atoms with Gasteiger partial charge in [-0.05, 0) is 64.7 Å². The van der Waals surface area contributed by atoms with Crippen LogP contribution in [-0.4, -0.2) is 5.91 Å². The van der Waals surface area contributed by atoms with E-state index in [1.54, 1.807) is 0 Å². The van der Waals surface area contributed by atoms with Gasteiger partial charge < -0.3 is 5.32 Å². The molecule has 0 unspecified atom stereocenters. The van der Waals surface area contributed by atoms with Gasteiger partial charge in [-0.15, -0.1) is 0 Å². The van der Waals surface area contributed by atoms with E-state index in [0.717, 1.165) is 21.3 Å². The highest BCUT2D eigenvalue weighted by molar-refractivity contribution is 9.10. The zero-order chi connectivity index (χ0) is 14.5. The van der Waals surface area contributed by atoms with Gasteiger partial charge >= 0.3 is 0 Å². The van der Waals surface area contributed by atoms with Crippen molar-refractivity contribution in [3.05, 3.63) is 63.1 Å². The van der Waals surface area contributed by atoms with Crippen LogP contribution in [0.2, 0.25) is 5.02 Å². The SMILES string of the molecule is Cc1ccc(NC(=O)CCc2cccc(Cl)c2)c(Br)c1. The molecule has 104 valence electrons. The van der Waals surface area contributed by atoms with Gasteiger partial charge in [-0.25, -0.2) is 0 Å². The number of rotatable bonds is 4. The van der Waals surface area contributed by atoms with Crippen molar-refractivity contribution < 1.29 is 4.79 Å². The van der Waals surface area contributed by atoms with Gasteiger partial charge in [0, 0.05) is 15.9 Å². The Hall–Kier alpha value is -1.32. The number of hydrogen-bond acceptors (Lipinski definition) is 1. The van der Waals surface area contributed by atoms with E-state index in [1.165, 1.54) is 0 Å². The molecular formula is C16H15BrClNO. The van der Waals surface area contributed by atoms with Gasteiger partial charge in [0.15, 0.2) is 0 Å². The third-order valence-corrected chi connectivity index (χ3v) is 3.82. The molecule has 0 bridgehead atoms. The summed E-state index contributed by atoms with van der Waals surface area (Å²) in [5.41, 5.74) is 3.01. The molecular weight excluding hydrogens is 338 g/mol. The number of benzene rings is 2. The van der Waals surface area contributed by atoms with Gasteiger partial charge in [0.25, 0.3) is 0 Å². The number of carbonyl (C=O) groups is 1. The lowest BCUT2D eigenvalue weighted by Crippen LogP contribution is -2.12. The Kier molecular flexibility index (Phi) is 5.21. The normalized spacial score (nSPS) is 10.3. The zero-order valence-electron chi connectivity index (χ0n) is 11.1. The summed E-state index contributed by atoms with van der Waals surface area (Å²) in [5.74, 6) is -0.00507. The van der Waals surface area contributed by atoms with Crippen molar-refractivity contribution >= 4 is 39.1 Å². The first kappa shape index (κ1) is 15.1. The maximum atomic E-state index is 11.9. The maximum absolute atomic E-state index is 11.9. The fourth-order valence-electron chi connectivity index (χ4n) is 1.88. The average Bonchev–Trinajstić information content (AvgIpc) is 2.40. The summed E-state index contributed by atoms with van der Waals surface area (Å²) in [7, 11) is 0. The van der Waals surface area contributed by atoms with Gasteiger partial charge in [-0.2, -0.15) is 0 Å². The monoisotopic (exact) mass is 351 g/mol. The van der Waals surface area contributed by atoms with Crippen molar-refractivity contribution in [1.29, 1.82) is 0 Å². The molecule has 0 aliphatic heterocycles. The van der Waals surface area contributed by atoms with E-state index in [4.69, 9.17) is 11.6 Å². The molecule has 0 atom stereocenters. The second-order valence-corrected chi connectivity index (χ2v) is 5.95. The Labute approximate surface area is 132 Å². The molecule has 2 aromatic carbocycles. The Morgan fingerprint density at radius 3 is 2.75 bits per heavy atom. The van der Waals surface area contributed by atoms with Crippen LogP contribution in [0.25, 0.3) is 0 Å². The third-order valence-electron chi connectivity index (χ3n) is 2.93. The summed E-state index contributed by atoms with van der Waals surface area (Å²) in [4.78, 5) is 11.9. The van der Waals surface area contributed by atoms with Crippen LogP contribution in [0, 0.1) is 6.92 Å². The summed E-state index contributed by atoms with van der Waals surface area (Å²) in [5, 5.41) is 3.60. The van der Waals surface area contributed by atoms with Crippen molar-refractivity contribution in [3.8, 4) is 0 Å². The molecule has 0 fully saturated rings. The quantitative estimate of drug-likeness (QED) is 0.826. The van der Waals surface area contributed by atoms with Gasteiger partial charge in [-0.3, -0.25) is 4.79 Å². The van der Waals surface area contributed by atoms with Crippen LogP contribution < -0.4 is 5.32 Å². The lowest BCUT2D eigenvalue weighted by atomic mass is 10.1. The molecule has 0 aromatic heterocycles. The highest BCUT2D eigenvalue weighted by Gasteiger charge is 2.06. The number of carbonyl (C=O) groups excluding carboxylic acids is 1. The number of nitrogens with one attached hydrogen (secondary N) is 1. The Morgan fingerprint density at radius 2 is 2.05 bits per heavy atom. The standard InChI is InChI=1S/C16H15BrClNO/c1-11-5-7-15(14(17)9-11)19-16(20)8-6-12-3-2-4-13(18)10-12/h2-5,7,9-10H,6,8H2,1H3,(H,19,20). The van der Waals surface area contributed by atoms with Gasteiger partial charge in [0.1, 0.15) is 0 Å². The van der Waals surface area contributed by atoms with Crippen molar-refractivity contribution in [2.24, 2.45) is 0 Å². The van der Waals surface area contributed by atoms with Crippen LogP contribution in [0.3, 0.4) is 0 Å². The molecule has 2 nitrogen and oxygen atoms in total. The van der Waals surface area contributed by atoms with E-state index >= 15 is 0 Å². The fraction of sp³-hybridized carbons (Fsp3) is 0.188. The van der Waals surface area contributed by atoms with Crippen molar-refractivity contribution in [1.82, 2.24) is 0 Å². The summed E-state index contributed by atoms with van der Waals surface area (Å²) in [6.07, 6.45) is 1.11. The maximum Gasteiger partial charge on any atom is 0.224 e. The topological polar surface area (TPSA) is 29.1 Å². The molecule has 2 rings (SSSR count). The number of halogens is 2. The lowest BCUT2D eigenvalue weighted by molar-refractivity contribution is -0.116. The van der Waals surface area contributed by atoms with Crippen molar-refractivity contribution in [2.75, 3.05) is 5.32 Å². The summed E-state index contributed by atoms with van der Waals surface area (Å²) in [6, 6.07) is 13.4. The molecule has 4 heteroatoms. The number of hydrogen-bond donors (Lipinski definition) is 1. The van der Waals surface area contributed by atoms with E-state index in [-0.39, 0.29) is 5.91 Å². The highest BCUT2D eigenvalue weighted by Crippen LogP contribution is 2.23. The van der Waals surface area contributed by atoms with Crippen LogP contribution in [0.15, 0.2) is 46.9 Å². The summed E-state index contributed by atoms with van der Waals surface area (Å²) >= 11 is 9.37. The molecule has 0 saturated carbocycles. The molecule has 0 aliphatic rings. The summed E-state index contributed by atoms with van der Waals surface area (Å²) < 4.78 is 0.897. The molecule has 0 heterocycles. The molecule has 1 amide bonds. The van der Waals surface area contributed by atoms with Gasteiger partial charge in [0.05, 0.1) is 5.69 Å². The first-order valence-electron chi connectivity index (χ1n) is 6.35. The minimum Gasteiger partial charge on any atom is -0.325 e. The fourth-order valence-corrected chi connectivity index (χ4v) is 2.69. The molecule has 0 spiro atoms. The Bertz CT molecular complexity index is 628. The lowest BCUT2D eigenvalue weighted by Gasteiger charge is -2.08. The smallest absolute Gasteiger partial charge is 0.224 e. The van der Waals surface area contributed by atoms with Crippen molar-refractivity contribution in [2.45, 2.75) is 19.8 Å². The Morgan fingerprint density at radius 1 is 1.25 bits per heavy atom. The molecule has 0 radical (unpaired) electrons. The molecule has 0 saturated heterocycles. The minimum absolute atomic E-state index is 0.00507. The van der Waals surface area contributed by atoms with Crippen LogP contribution in [0.4, 0.5) is 5.69 Å². The largest absolute Gasteiger partial charge is 0.325 e. The average molecular weight is 353 g/mol. The van der Waals surface area contributed by atoms with E-state index in [9.17, 15) is 4.79 Å². The molecule has 1 N–H and O–H groups in total. The predicted octanol–water partition coefficient (Wildman–Crippen LogP) is 4.98. The van der Waals surface area contributed by atoms with E-state index in [0.29, 0.717) is 17.9 Å². The van der Waals surface area contributed by atoms with Gasteiger partial charge in [-0.1, -0.05) is 29.8 Å². The van der Waals surface area contributed by atoms with Crippen molar-refractivity contribution in [3.63, 3.8) is 0 Å². The van der Waals surface area contributed by atoms with E-state index in [2.05, 4.69) is 21.2 Å². The van der Waals surface area contributed by atoms with E-state index < -0.39 is 0 Å². The van der Waals surface area contributed by atoms with Crippen LogP contribution in [0.1, 0.15) is 17.5 Å². The van der Waals surface area contributed by atoms with Gasteiger partial charge in [0.2, 0.25) is 5.91 Å². The van der Waals surface area contributed by atoms with E-state index in [1.807, 2.05) is 49.4 Å². The Balaban J connectivity index is 1.92. The molecule has 20 heavy (non-hydrogen) atoms. The highest BCUT2D eigenvalue weighted by atomic mass is 79.9. The minimum atomic E-state index is -0.00507. The third kappa shape index (κ3) is 4.36. The molecule has 2 aromatic rings. The number of aryl methyl sites for hydroxylation is 2. The van der Waals surface area contributed by atoms with Crippen LogP contribution >= 0.6 is 27.5 Å². The second-order valence-electron chi connectivity index (χ2n) is 4.66. The second kappa shape index (κ2) is 6.91. The first-order chi connectivity index (χ1) is 9.54. The van der Waals surface area contributed by atoms with Crippen LogP contribution in [0.5, 0.6) is 0 Å². The predicted molar refractivity (Wildman–Crippen MR) is 87.3 cm³/mol. The number of amides is 1.